The largest absolute Gasteiger partial charge is 0.495 e. The van der Waals surface area contributed by atoms with Gasteiger partial charge in [0.25, 0.3) is 0 Å². The van der Waals surface area contributed by atoms with Crippen molar-refractivity contribution >= 4 is 23.6 Å². The first-order valence-electron chi connectivity index (χ1n) is 7.41. The molecule has 1 heterocycles. The summed E-state index contributed by atoms with van der Waals surface area (Å²) in [6.45, 7) is 0. The molecule has 0 saturated carbocycles. The number of carbonyl (C=O) groups excluding carboxylic acids is 2. The molecule has 0 aliphatic carbocycles. The highest BCUT2D eigenvalue weighted by molar-refractivity contribution is 6.07. The van der Waals surface area contributed by atoms with Crippen LogP contribution < -0.4 is 9.64 Å². The van der Waals surface area contributed by atoms with Crippen molar-refractivity contribution in [3.63, 3.8) is 0 Å². The number of carbonyl (C=O) groups is 3. The van der Waals surface area contributed by atoms with Crippen molar-refractivity contribution in [3.05, 3.63) is 59.5 Å². The van der Waals surface area contributed by atoms with Crippen molar-refractivity contribution in [1.82, 2.24) is 0 Å². The van der Waals surface area contributed by atoms with Gasteiger partial charge in [-0.05, 0) is 24.3 Å². The molecule has 0 spiro atoms. The van der Waals surface area contributed by atoms with Gasteiger partial charge in [0.05, 0.1) is 32.5 Å². The van der Waals surface area contributed by atoms with E-state index in [9.17, 15) is 19.5 Å². The van der Waals surface area contributed by atoms with Gasteiger partial charge < -0.3 is 24.2 Å². The molecule has 8 heteroatoms. The number of hydrogen-bond donors (Lipinski definition) is 1. The smallest absolute Gasteiger partial charge is 0.355 e. The van der Waals surface area contributed by atoms with Crippen LogP contribution in [0, 0.1) is 0 Å². The van der Waals surface area contributed by atoms with Crippen molar-refractivity contribution in [3.8, 4) is 5.75 Å². The minimum atomic E-state index is -1.23. The van der Waals surface area contributed by atoms with Crippen LogP contribution >= 0.6 is 0 Å². The summed E-state index contributed by atoms with van der Waals surface area (Å²) < 4.78 is 14.8. The molecule has 0 saturated heterocycles. The van der Waals surface area contributed by atoms with Gasteiger partial charge in [-0.2, -0.15) is 0 Å². The van der Waals surface area contributed by atoms with Gasteiger partial charge in [0.15, 0.2) is 0 Å². The Morgan fingerprint density at radius 2 is 1.69 bits per heavy atom. The van der Waals surface area contributed by atoms with E-state index in [0.29, 0.717) is 0 Å². The number of carboxylic acid groups (broad SMARTS) is 1. The molecular formula is C18H17NO7. The van der Waals surface area contributed by atoms with Crippen molar-refractivity contribution in [1.29, 1.82) is 0 Å². The van der Waals surface area contributed by atoms with E-state index in [4.69, 9.17) is 14.2 Å². The molecule has 1 aromatic carbocycles. The monoisotopic (exact) mass is 359 g/mol. The molecule has 8 nitrogen and oxygen atoms in total. The zero-order chi connectivity index (χ0) is 19.3. The molecule has 1 aliphatic heterocycles. The Labute approximate surface area is 149 Å². The molecule has 1 N–H and O–H groups in total. The van der Waals surface area contributed by atoms with E-state index < -0.39 is 17.9 Å². The van der Waals surface area contributed by atoms with Gasteiger partial charge >= 0.3 is 17.9 Å². The zero-order valence-electron chi connectivity index (χ0n) is 14.4. The minimum Gasteiger partial charge on any atom is -0.495 e. The first kappa shape index (κ1) is 18.8. The molecule has 136 valence electrons. The van der Waals surface area contributed by atoms with E-state index >= 15 is 0 Å². The number of carboxylic acids is 1. The zero-order valence-corrected chi connectivity index (χ0v) is 14.4. The number of benzene rings is 1. The third-order valence-electron chi connectivity index (χ3n) is 3.58. The van der Waals surface area contributed by atoms with Crippen molar-refractivity contribution in [2.45, 2.75) is 0 Å². The fraction of sp³-hybridized carbons (Fsp3) is 0.167. The van der Waals surface area contributed by atoms with Gasteiger partial charge in [0, 0.05) is 6.20 Å². The van der Waals surface area contributed by atoms with Crippen LogP contribution in [0.25, 0.3) is 0 Å². The average molecular weight is 359 g/mol. The normalized spacial score (nSPS) is 13.3. The summed E-state index contributed by atoms with van der Waals surface area (Å²) in [6, 6.07) is 4.41. The van der Waals surface area contributed by atoms with Crippen LogP contribution in [0.3, 0.4) is 0 Å². The summed E-state index contributed by atoms with van der Waals surface area (Å²) in [5.41, 5.74) is -0.339. The number of para-hydroxylation sites is 1. The number of rotatable bonds is 5. The number of esters is 2. The average Bonchev–Trinajstić information content (AvgIpc) is 2.88. The number of allylic oxidation sites excluding steroid dienone is 2. The Balaban J connectivity index is 2.84. The van der Waals surface area contributed by atoms with Crippen molar-refractivity contribution < 1.29 is 33.7 Å². The van der Waals surface area contributed by atoms with E-state index in [-0.39, 0.29) is 28.3 Å². The van der Waals surface area contributed by atoms with Crippen molar-refractivity contribution in [2.75, 3.05) is 26.2 Å². The molecule has 0 aromatic heterocycles. The van der Waals surface area contributed by atoms with Crippen LogP contribution in [0.1, 0.15) is 10.4 Å². The second kappa shape index (κ2) is 8.02. The molecule has 1 aliphatic rings. The van der Waals surface area contributed by atoms with E-state index in [2.05, 4.69) is 0 Å². The van der Waals surface area contributed by atoms with Gasteiger partial charge in [0.2, 0.25) is 0 Å². The van der Waals surface area contributed by atoms with Crippen LogP contribution in [0.2, 0.25) is 0 Å². The molecule has 0 unspecified atom stereocenters. The fourth-order valence-corrected chi connectivity index (χ4v) is 2.44. The first-order chi connectivity index (χ1) is 12.5. The quantitative estimate of drug-likeness (QED) is 0.795. The minimum absolute atomic E-state index is 0.0734. The second-order valence-corrected chi connectivity index (χ2v) is 4.98. The highest BCUT2D eigenvalue weighted by Crippen LogP contribution is 2.37. The predicted molar refractivity (Wildman–Crippen MR) is 91.8 cm³/mol. The summed E-state index contributed by atoms with van der Waals surface area (Å²) in [7, 11) is 3.70. The van der Waals surface area contributed by atoms with Crippen LogP contribution in [0.4, 0.5) is 5.69 Å². The van der Waals surface area contributed by atoms with Crippen LogP contribution in [0.5, 0.6) is 5.75 Å². The lowest BCUT2D eigenvalue weighted by Gasteiger charge is -2.26. The molecule has 1 aromatic rings. The first-order valence-corrected chi connectivity index (χ1v) is 7.41. The molecule has 26 heavy (non-hydrogen) atoms. The maximum absolute atomic E-state index is 12.4. The van der Waals surface area contributed by atoms with Gasteiger partial charge in [0.1, 0.15) is 17.1 Å². The number of ether oxygens (including phenoxy) is 3. The summed E-state index contributed by atoms with van der Waals surface area (Å²) >= 11 is 0. The lowest BCUT2D eigenvalue weighted by Crippen LogP contribution is -2.28. The Kier molecular flexibility index (Phi) is 5.79. The van der Waals surface area contributed by atoms with Gasteiger partial charge in [-0.1, -0.05) is 12.1 Å². The van der Waals surface area contributed by atoms with Gasteiger partial charge in [-0.3, -0.25) is 0 Å². The Morgan fingerprint density at radius 3 is 2.27 bits per heavy atom. The Hall–Kier alpha value is -3.55. The number of anilines is 1. The number of methoxy groups -OCH3 is 3. The van der Waals surface area contributed by atoms with E-state index in [0.717, 1.165) is 7.11 Å². The molecule has 0 bridgehead atoms. The van der Waals surface area contributed by atoms with Crippen molar-refractivity contribution in [2.24, 2.45) is 0 Å². The van der Waals surface area contributed by atoms with Crippen LogP contribution in [-0.4, -0.2) is 44.3 Å². The maximum Gasteiger partial charge on any atom is 0.355 e. The summed E-state index contributed by atoms with van der Waals surface area (Å²) in [5.74, 6) is -2.65. The highest BCUT2D eigenvalue weighted by Gasteiger charge is 2.31. The lowest BCUT2D eigenvalue weighted by molar-refractivity contribution is -0.139. The predicted octanol–water partition coefficient (Wildman–Crippen LogP) is 1.88. The molecule has 0 fully saturated rings. The van der Waals surface area contributed by atoms with E-state index in [1.165, 1.54) is 55.7 Å². The van der Waals surface area contributed by atoms with Gasteiger partial charge in [-0.25, -0.2) is 14.4 Å². The Morgan fingerprint density at radius 1 is 1.00 bits per heavy atom. The van der Waals surface area contributed by atoms with E-state index in [1.54, 1.807) is 6.07 Å². The van der Waals surface area contributed by atoms with E-state index in [1.807, 2.05) is 0 Å². The third kappa shape index (κ3) is 3.44. The SMILES string of the molecule is COC(=O)C1=C(C(=O)OC)N(c2c(OC)cccc2C(=O)O)C=CC=C1. The second-order valence-electron chi connectivity index (χ2n) is 4.98. The fourth-order valence-electron chi connectivity index (χ4n) is 2.44. The summed E-state index contributed by atoms with van der Waals surface area (Å²) in [4.78, 5) is 37.5. The molecular weight excluding hydrogens is 342 g/mol. The third-order valence-corrected chi connectivity index (χ3v) is 3.58. The lowest BCUT2D eigenvalue weighted by atomic mass is 10.1. The van der Waals surface area contributed by atoms with Crippen LogP contribution in [-0.2, 0) is 19.1 Å². The summed E-state index contributed by atoms with van der Waals surface area (Å²) in [5, 5.41) is 9.54. The molecule has 0 atom stereocenters. The number of hydrogen-bond acceptors (Lipinski definition) is 7. The summed E-state index contributed by atoms with van der Waals surface area (Å²) in [6.07, 6.45) is 5.87. The topological polar surface area (TPSA) is 102 Å². The maximum atomic E-state index is 12.4. The van der Waals surface area contributed by atoms with Gasteiger partial charge in [-0.15, -0.1) is 0 Å². The molecule has 2 rings (SSSR count). The highest BCUT2D eigenvalue weighted by atomic mass is 16.5. The number of aromatic carboxylic acids is 1. The molecule has 0 radical (unpaired) electrons. The van der Waals surface area contributed by atoms with Crippen LogP contribution in [0.15, 0.2) is 53.9 Å². The molecule has 0 amide bonds. The standard InChI is InChI=1S/C18H17NO7/c1-24-13-9-6-8-11(16(20)21)14(13)19-10-5-4-7-12(17(22)25-2)15(19)18(23)26-3/h4-10H,1-3H3,(H,20,21). The Bertz CT molecular complexity index is 836. The number of nitrogens with zero attached hydrogens (tertiary/aromatic N) is 1.